The van der Waals surface area contributed by atoms with Gasteiger partial charge in [-0.3, -0.25) is 9.69 Å². The highest BCUT2D eigenvalue weighted by Gasteiger charge is 2.23. The second-order valence-corrected chi connectivity index (χ2v) is 6.69. The number of carbonyl (C=O) groups is 1. The summed E-state index contributed by atoms with van der Waals surface area (Å²) in [4.78, 5) is 14.9. The summed E-state index contributed by atoms with van der Waals surface area (Å²) in [6.07, 6.45) is 0. The molecule has 2 aromatic rings. The number of rotatable bonds is 6. The van der Waals surface area contributed by atoms with Crippen molar-refractivity contribution in [3.05, 3.63) is 70.8 Å². The first-order valence-corrected chi connectivity index (χ1v) is 9.13. The lowest BCUT2D eigenvalue weighted by Gasteiger charge is -2.35. The molecule has 27 heavy (non-hydrogen) atoms. The lowest BCUT2D eigenvalue weighted by molar-refractivity contribution is 0.0162. The summed E-state index contributed by atoms with van der Waals surface area (Å²) in [5.41, 5.74) is 9.75. The van der Waals surface area contributed by atoms with E-state index in [1.807, 2.05) is 24.3 Å². The van der Waals surface area contributed by atoms with E-state index < -0.39 is 0 Å². The van der Waals surface area contributed by atoms with Crippen molar-refractivity contribution in [3.8, 4) is 0 Å². The Kier molecular flexibility index (Phi) is 8.25. The van der Waals surface area contributed by atoms with Gasteiger partial charge in [-0.05, 0) is 30.2 Å². The van der Waals surface area contributed by atoms with Crippen molar-refractivity contribution < 1.29 is 9.53 Å². The third kappa shape index (κ3) is 5.78. The molecular weight excluding hydrogens is 362 g/mol. The summed E-state index contributed by atoms with van der Waals surface area (Å²) in [6, 6.07) is 16.1. The van der Waals surface area contributed by atoms with Crippen molar-refractivity contribution in [1.82, 2.24) is 10.2 Å². The van der Waals surface area contributed by atoms with Crippen molar-refractivity contribution in [2.24, 2.45) is 5.73 Å². The standard InChI is InChI=1S/C21H27N3O2.ClH/c1-16-2-6-18(7-3-16)20(24-10-12-26-13-11-24)15-23-21(25)19-8-4-17(14-22)5-9-19;/h2-9,20H,10-15,22H2,1H3,(H,23,25);1H. The van der Waals surface area contributed by atoms with Crippen LogP contribution in [0.15, 0.2) is 48.5 Å². The number of hydrogen-bond donors (Lipinski definition) is 2. The number of halogens is 1. The summed E-state index contributed by atoms with van der Waals surface area (Å²) in [7, 11) is 0. The molecule has 1 aliphatic heterocycles. The van der Waals surface area contributed by atoms with Crippen molar-refractivity contribution in [3.63, 3.8) is 0 Å². The van der Waals surface area contributed by atoms with Crippen LogP contribution in [-0.4, -0.2) is 43.7 Å². The average Bonchev–Trinajstić information content (AvgIpc) is 2.70. The number of hydrogen-bond acceptors (Lipinski definition) is 4. The van der Waals surface area contributed by atoms with Gasteiger partial charge in [0.05, 0.1) is 19.3 Å². The molecule has 1 heterocycles. The molecule has 0 aromatic heterocycles. The van der Waals surface area contributed by atoms with Gasteiger partial charge in [-0.25, -0.2) is 0 Å². The van der Waals surface area contributed by atoms with Crippen molar-refractivity contribution in [2.75, 3.05) is 32.8 Å². The van der Waals surface area contributed by atoms with Gasteiger partial charge >= 0.3 is 0 Å². The first-order chi connectivity index (χ1) is 12.7. The Balaban J connectivity index is 0.00000261. The zero-order valence-corrected chi connectivity index (χ0v) is 16.5. The molecule has 3 N–H and O–H groups in total. The maximum atomic E-state index is 12.5. The van der Waals surface area contributed by atoms with Crippen molar-refractivity contribution in [2.45, 2.75) is 19.5 Å². The van der Waals surface area contributed by atoms with E-state index in [2.05, 4.69) is 41.4 Å². The van der Waals surface area contributed by atoms with Crippen LogP contribution in [-0.2, 0) is 11.3 Å². The molecule has 0 aliphatic carbocycles. The number of amides is 1. The minimum atomic E-state index is -0.0565. The first kappa shape index (κ1) is 21.4. The van der Waals surface area contributed by atoms with Gasteiger partial charge in [0.15, 0.2) is 0 Å². The molecule has 0 bridgehead atoms. The average molecular weight is 390 g/mol. The van der Waals surface area contributed by atoms with Gasteiger partial charge in [0.2, 0.25) is 0 Å². The molecule has 1 unspecified atom stereocenters. The monoisotopic (exact) mass is 389 g/mol. The zero-order valence-electron chi connectivity index (χ0n) is 15.7. The van der Waals surface area contributed by atoms with Crippen LogP contribution in [0.4, 0.5) is 0 Å². The van der Waals surface area contributed by atoms with Gasteiger partial charge in [0.1, 0.15) is 0 Å². The Labute approximate surface area is 167 Å². The van der Waals surface area contributed by atoms with Crippen LogP contribution in [0.1, 0.15) is 33.1 Å². The predicted molar refractivity (Wildman–Crippen MR) is 110 cm³/mol. The maximum absolute atomic E-state index is 12.5. The number of nitrogens with two attached hydrogens (primary N) is 1. The van der Waals surface area contributed by atoms with Crippen molar-refractivity contribution >= 4 is 18.3 Å². The van der Waals surface area contributed by atoms with Gasteiger partial charge < -0.3 is 15.8 Å². The van der Waals surface area contributed by atoms with E-state index in [1.54, 1.807) is 0 Å². The van der Waals surface area contributed by atoms with Gasteiger partial charge in [0, 0.05) is 31.7 Å². The Hall–Kier alpha value is -1.92. The highest BCUT2D eigenvalue weighted by molar-refractivity contribution is 5.94. The van der Waals surface area contributed by atoms with Gasteiger partial charge in [-0.1, -0.05) is 42.0 Å². The SMILES string of the molecule is Cc1ccc(C(CNC(=O)c2ccc(CN)cc2)N2CCOCC2)cc1.Cl. The quantitative estimate of drug-likeness (QED) is 0.797. The lowest BCUT2D eigenvalue weighted by atomic mass is 10.0. The van der Waals surface area contributed by atoms with E-state index in [4.69, 9.17) is 10.5 Å². The Morgan fingerprint density at radius 3 is 2.33 bits per heavy atom. The smallest absolute Gasteiger partial charge is 0.251 e. The molecule has 1 atom stereocenters. The summed E-state index contributed by atoms with van der Waals surface area (Å²) in [5.74, 6) is -0.0565. The molecule has 0 spiro atoms. The van der Waals surface area contributed by atoms with E-state index in [9.17, 15) is 4.79 Å². The van der Waals surface area contributed by atoms with Crippen LogP contribution in [0.2, 0.25) is 0 Å². The molecule has 3 rings (SSSR count). The van der Waals surface area contributed by atoms with Crippen LogP contribution >= 0.6 is 12.4 Å². The highest BCUT2D eigenvalue weighted by Crippen LogP contribution is 2.22. The second kappa shape index (κ2) is 10.4. The molecule has 1 fully saturated rings. The lowest BCUT2D eigenvalue weighted by Crippen LogP contribution is -2.43. The van der Waals surface area contributed by atoms with Crippen LogP contribution in [0, 0.1) is 6.92 Å². The summed E-state index contributed by atoms with van der Waals surface area (Å²) in [5, 5.41) is 3.09. The molecule has 146 valence electrons. The van der Waals surface area contributed by atoms with Gasteiger partial charge in [-0.15, -0.1) is 12.4 Å². The molecule has 1 saturated heterocycles. The minimum Gasteiger partial charge on any atom is -0.379 e. The predicted octanol–water partition coefficient (Wildman–Crippen LogP) is 2.68. The molecule has 5 nitrogen and oxygen atoms in total. The number of nitrogens with one attached hydrogen (secondary N) is 1. The molecule has 0 saturated carbocycles. The van der Waals surface area contributed by atoms with Gasteiger partial charge in [0.25, 0.3) is 5.91 Å². The van der Waals surface area contributed by atoms with Crippen LogP contribution in [0.3, 0.4) is 0 Å². The normalized spacial score (nSPS) is 15.6. The minimum absolute atomic E-state index is 0. The third-order valence-corrected chi connectivity index (χ3v) is 4.86. The summed E-state index contributed by atoms with van der Waals surface area (Å²) >= 11 is 0. The van der Waals surface area contributed by atoms with Gasteiger partial charge in [-0.2, -0.15) is 0 Å². The van der Waals surface area contributed by atoms with E-state index in [0.29, 0.717) is 18.7 Å². The van der Waals surface area contributed by atoms with E-state index >= 15 is 0 Å². The number of morpholine rings is 1. The molecular formula is C21H28ClN3O2. The first-order valence-electron chi connectivity index (χ1n) is 9.13. The highest BCUT2D eigenvalue weighted by atomic mass is 35.5. The Morgan fingerprint density at radius 2 is 1.74 bits per heavy atom. The molecule has 1 amide bonds. The Bertz CT molecular complexity index is 713. The van der Waals surface area contributed by atoms with Crippen LogP contribution in [0.5, 0.6) is 0 Å². The number of ether oxygens (including phenoxy) is 1. The molecule has 0 radical (unpaired) electrons. The second-order valence-electron chi connectivity index (χ2n) is 6.69. The fourth-order valence-electron chi connectivity index (χ4n) is 3.22. The number of aryl methyl sites for hydroxylation is 1. The zero-order chi connectivity index (χ0) is 18.4. The van der Waals surface area contributed by atoms with E-state index in [0.717, 1.165) is 31.9 Å². The van der Waals surface area contributed by atoms with E-state index in [-0.39, 0.29) is 24.4 Å². The third-order valence-electron chi connectivity index (χ3n) is 4.86. The largest absolute Gasteiger partial charge is 0.379 e. The fourth-order valence-corrected chi connectivity index (χ4v) is 3.22. The van der Waals surface area contributed by atoms with Crippen molar-refractivity contribution in [1.29, 1.82) is 0 Å². The molecule has 6 heteroatoms. The number of nitrogens with zero attached hydrogens (tertiary/aromatic N) is 1. The molecule has 1 aliphatic rings. The fraction of sp³-hybridized carbons (Fsp3) is 0.381. The van der Waals surface area contributed by atoms with E-state index in [1.165, 1.54) is 11.1 Å². The number of benzene rings is 2. The van der Waals surface area contributed by atoms with Crippen LogP contribution < -0.4 is 11.1 Å². The topological polar surface area (TPSA) is 67.6 Å². The van der Waals surface area contributed by atoms with Crippen LogP contribution in [0.25, 0.3) is 0 Å². The number of carbonyl (C=O) groups excluding carboxylic acids is 1. The molecule has 2 aromatic carbocycles. The Morgan fingerprint density at radius 1 is 1.11 bits per heavy atom. The maximum Gasteiger partial charge on any atom is 0.251 e. The summed E-state index contributed by atoms with van der Waals surface area (Å²) < 4.78 is 5.48. The summed E-state index contributed by atoms with van der Waals surface area (Å²) in [6.45, 7) is 6.35.